The summed E-state index contributed by atoms with van der Waals surface area (Å²) in [6.07, 6.45) is 6.10. The molecule has 3 heterocycles. The van der Waals surface area contributed by atoms with Crippen molar-refractivity contribution in [3.05, 3.63) is 29.8 Å². The van der Waals surface area contributed by atoms with Crippen molar-refractivity contribution in [3.63, 3.8) is 0 Å². The third-order valence-corrected chi connectivity index (χ3v) is 7.26. The van der Waals surface area contributed by atoms with Gasteiger partial charge in [0, 0.05) is 13.1 Å². The molecule has 1 aromatic carbocycles. The summed E-state index contributed by atoms with van der Waals surface area (Å²) in [5, 5.41) is 12.8. The summed E-state index contributed by atoms with van der Waals surface area (Å²) >= 11 is 0. The van der Waals surface area contributed by atoms with Crippen LogP contribution in [0.15, 0.2) is 24.3 Å². The summed E-state index contributed by atoms with van der Waals surface area (Å²) in [7, 11) is 4.14. The summed E-state index contributed by atoms with van der Waals surface area (Å²) in [5.41, 5.74) is 0.784. The highest BCUT2D eigenvalue weighted by atomic mass is 16.3. The van der Waals surface area contributed by atoms with Crippen molar-refractivity contribution in [2.75, 3.05) is 33.7 Å². The maximum absolute atomic E-state index is 13.4. The largest absolute Gasteiger partial charge is 0.508 e. The Bertz CT molecular complexity index is 872. The van der Waals surface area contributed by atoms with Crippen LogP contribution in [0.2, 0.25) is 0 Å². The SMILES string of the molecule is CN(C)CCCCCCNC(=O)[C@H]1C[C@H]2C(=O)N3CCC[C@H]3C(=O)N2[C@H]1c1ccc(O)cc1. The van der Waals surface area contributed by atoms with Gasteiger partial charge in [-0.3, -0.25) is 14.4 Å². The highest BCUT2D eigenvalue weighted by molar-refractivity contribution is 5.99. The van der Waals surface area contributed by atoms with E-state index in [9.17, 15) is 19.5 Å². The second kappa shape index (κ2) is 10.1. The Morgan fingerprint density at radius 2 is 1.79 bits per heavy atom. The standard InChI is InChI=1S/C25H36N4O4/c1-27(2)14-6-4-3-5-13-26-23(31)19-16-21-24(32)28-15-7-8-20(28)25(33)29(21)22(19)17-9-11-18(30)12-10-17/h9-12,19-22,30H,3-8,13-16H2,1-2H3,(H,26,31)/t19-,20-,21-,22-/m0/s1. The Kier molecular flexibility index (Phi) is 7.22. The molecule has 8 nitrogen and oxygen atoms in total. The maximum atomic E-state index is 13.4. The number of hydrogen-bond acceptors (Lipinski definition) is 5. The van der Waals surface area contributed by atoms with E-state index in [-0.39, 0.29) is 23.5 Å². The second-order valence-corrected chi connectivity index (χ2v) is 9.84. The molecule has 0 bridgehead atoms. The van der Waals surface area contributed by atoms with Gasteiger partial charge < -0.3 is 25.1 Å². The van der Waals surface area contributed by atoms with Crippen molar-refractivity contribution in [2.45, 2.75) is 63.1 Å². The van der Waals surface area contributed by atoms with Gasteiger partial charge >= 0.3 is 0 Å². The predicted octanol–water partition coefficient (Wildman–Crippen LogP) is 1.89. The minimum atomic E-state index is -0.590. The van der Waals surface area contributed by atoms with E-state index in [1.54, 1.807) is 34.1 Å². The van der Waals surface area contributed by atoms with Crippen molar-refractivity contribution >= 4 is 17.7 Å². The lowest BCUT2D eigenvalue weighted by molar-refractivity contribution is -0.159. The molecule has 3 aliphatic heterocycles. The molecule has 0 radical (unpaired) electrons. The van der Waals surface area contributed by atoms with E-state index in [1.165, 1.54) is 0 Å². The van der Waals surface area contributed by atoms with Gasteiger partial charge in [0.25, 0.3) is 0 Å². The summed E-state index contributed by atoms with van der Waals surface area (Å²) < 4.78 is 0. The van der Waals surface area contributed by atoms with Crippen molar-refractivity contribution < 1.29 is 19.5 Å². The number of unbranched alkanes of at least 4 members (excludes halogenated alkanes) is 3. The van der Waals surface area contributed by atoms with E-state index in [2.05, 4.69) is 24.3 Å². The molecule has 2 N–H and O–H groups in total. The van der Waals surface area contributed by atoms with Crippen LogP contribution >= 0.6 is 0 Å². The number of phenolic OH excluding ortho intramolecular Hbond substituents is 1. The third-order valence-electron chi connectivity index (χ3n) is 7.26. The summed E-state index contributed by atoms with van der Waals surface area (Å²) in [5.74, 6) is -0.534. The molecule has 3 aliphatic rings. The lowest BCUT2D eigenvalue weighted by atomic mass is 9.92. The molecule has 3 fully saturated rings. The zero-order chi connectivity index (χ0) is 23.5. The van der Waals surface area contributed by atoms with Crippen molar-refractivity contribution in [2.24, 2.45) is 5.92 Å². The molecule has 3 saturated heterocycles. The van der Waals surface area contributed by atoms with Crippen LogP contribution in [-0.4, -0.2) is 83.3 Å². The molecule has 4 rings (SSSR count). The van der Waals surface area contributed by atoms with E-state index >= 15 is 0 Å². The van der Waals surface area contributed by atoms with Gasteiger partial charge in [0.2, 0.25) is 17.7 Å². The number of benzene rings is 1. The van der Waals surface area contributed by atoms with Crippen LogP contribution in [0.3, 0.4) is 0 Å². The van der Waals surface area contributed by atoms with Gasteiger partial charge in [-0.05, 0) is 70.4 Å². The van der Waals surface area contributed by atoms with Crippen LogP contribution < -0.4 is 5.32 Å². The zero-order valence-electron chi connectivity index (χ0n) is 19.7. The van der Waals surface area contributed by atoms with Crippen LogP contribution in [0.5, 0.6) is 5.75 Å². The van der Waals surface area contributed by atoms with Crippen LogP contribution in [0.25, 0.3) is 0 Å². The highest BCUT2D eigenvalue weighted by Gasteiger charge is 2.57. The number of aromatic hydroxyl groups is 1. The average molecular weight is 457 g/mol. The Balaban J connectivity index is 1.46. The number of nitrogens with zero attached hydrogens (tertiary/aromatic N) is 3. The first-order chi connectivity index (χ1) is 15.9. The van der Waals surface area contributed by atoms with Crippen molar-refractivity contribution in [3.8, 4) is 5.75 Å². The molecule has 1 aromatic rings. The summed E-state index contributed by atoms with van der Waals surface area (Å²) in [6.45, 7) is 2.29. The lowest BCUT2D eigenvalue weighted by Gasteiger charge is -2.41. The zero-order valence-corrected chi connectivity index (χ0v) is 19.7. The Hall–Kier alpha value is -2.61. The number of carbonyl (C=O) groups is 3. The minimum absolute atomic E-state index is 0.0305. The molecule has 4 atom stereocenters. The molecule has 0 unspecified atom stereocenters. The van der Waals surface area contributed by atoms with Crippen LogP contribution in [0.1, 0.15) is 56.6 Å². The first-order valence-corrected chi connectivity index (χ1v) is 12.2. The Morgan fingerprint density at radius 1 is 1.06 bits per heavy atom. The summed E-state index contributed by atoms with van der Waals surface area (Å²) in [4.78, 5) is 45.4. The summed E-state index contributed by atoms with van der Waals surface area (Å²) in [6, 6.07) is 5.17. The fraction of sp³-hybridized carbons (Fsp3) is 0.640. The third kappa shape index (κ3) is 4.86. The van der Waals surface area contributed by atoms with E-state index in [4.69, 9.17) is 0 Å². The number of amides is 3. The van der Waals surface area contributed by atoms with Crippen molar-refractivity contribution in [1.82, 2.24) is 20.0 Å². The molecule has 0 aliphatic carbocycles. The topological polar surface area (TPSA) is 93.2 Å². The van der Waals surface area contributed by atoms with Gasteiger partial charge in [-0.25, -0.2) is 0 Å². The molecule has 180 valence electrons. The molecule has 8 heteroatoms. The van der Waals surface area contributed by atoms with Gasteiger partial charge in [-0.1, -0.05) is 25.0 Å². The van der Waals surface area contributed by atoms with Crippen LogP contribution in [-0.2, 0) is 14.4 Å². The molecule has 0 saturated carbocycles. The number of fused-ring (bicyclic) bond motifs is 2. The van der Waals surface area contributed by atoms with E-state index < -0.39 is 24.0 Å². The number of nitrogens with one attached hydrogen (secondary N) is 1. The predicted molar refractivity (Wildman–Crippen MR) is 124 cm³/mol. The Labute approximate surface area is 195 Å². The maximum Gasteiger partial charge on any atom is 0.246 e. The number of phenols is 1. The van der Waals surface area contributed by atoms with Gasteiger partial charge in [-0.15, -0.1) is 0 Å². The minimum Gasteiger partial charge on any atom is -0.508 e. The smallest absolute Gasteiger partial charge is 0.246 e. The fourth-order valence-electron chi connectivity index (χ4n) is 5.60. The van der Waals surface area contributed by atoms with Gasteiger partial charge in [0.05, 0.1) is 12.0 Å². The van der Waals surface area contributed by atoms with Crippen molar-refractivity contribution in [1.29, 1.82) is 0 Å². The molecular weight excluding hydrogens is 420 g/mol. The number of carbonyl (C=O) groups excluding carboxylic acids is 3. The quantitative estimate of drug-likeness (QED) is 0.554. The highest BCUT2D eigenvalue weighted by Crippen LogP contribution is 2.46. The average Bonchev–Trinajstić information content (AvgIpc) is 3.43. The molecular formula is C25H36N4O4. The van der Waals surface area contributed by atoms with Gasteiger partial charge in [0.1, 0.15) is 17.8 Å². The monoisotopic (exact) mass is 456 g/mol. The fourth-order valence-corrected chi connectivity index (χ4v) is 5.60. The van der Waals surface area contributed by atoms with Gasteiger partial charge in [-0.2, -0.15) is 0 Å². The first-order valence-electron chi connectivity index (χ1n) is 12.2. The lowest BCUT2D eigenvalue weighted by Crippen LogP contribution is -2.60. The Morgan fingerprint density at radius 3 is 2.52 bits per heavy atom. The second-order valence-electron chi connectivity index (χ2n) is 9.84. The number of rotatable bonds is 9. The molecule has 0 spiro atoms. The van der Waals surface area contributed by atoms with Gasteiger partial charge in [0.15, 0.2) is 0 Å². The van der Waals surface area contributed by atoms with E-state index in [1.807, 2.05) is 0 Å². The van der Waals surface area contributed by atoms with E-state index in [0.29, 0.717) is 25.9 Å². The first kappa shape index (κ1) is 23.5. The molecule has 0 aromatic heterocycles. The number of piperazine rings is 1. The molecule has 33 heavy (non-hydrogen) atoms. The number of hydrogen-bond donors (Lipinski definition) is 2. The van der Waals surface area contributed by atoms with E-state index in [0.717, 1.165) is 44.2 Å². The van der Waals surface area contributed by atoms with Crippen LogP contribution in [0.4, 0.5) is 0 Å². The molecule has 3 amide bonds. The van der Waals surface area contributed by atoms with Crippen LogP contribution in [0, 0.1) is 5.92 Å². The normalized spacial score (nSPS) is 26.6.